The highest BCUT2D eigenvalue weighted by molar-refractivity contribution is 6.34. The number of amides is 3. The third-order valence-corrected chi connectivity index (χ3v) is 8.21. The van der Waals surface area contributed by atoms with Gasteiger partial charge in [0.15, 0.2) is 5.69 Å². The predicted molar refractivity (Wildman–Crippen MR) is 168 cm³/mol. The molecule has 3 amide bonds. The van der Waals surface area contributed by atoms with Crippen LogP contribution in [0, 0.1) is 12.7 Å². The number of anilines is 2. The maximum absolute atomic E-state index is 13.6. The second-order valence-electron chi connectivity index (χ2n) is 11.3. The minimum absolute atomic E-state index is 0.279. The SMILES string of the molecule is Cc1ccc(N2C(=O)c3ccc(Oc4ccc(NC(=O)c5nn(-c6ccc(F)cc6)c6c5CCCCC6)cc4)cc3C2=O)cc1. The van der Waals surface area contributed by atoms with E-state index in [4.69, 9.17) is 4.74 Å². The summed E-state index contributed by atoms with van der Waals surface area (Å²) in [7, 11) is 0. The Balaban J connectivity index is 1.07. The molecule has 9 heteroatoms. The lowest BCUT2D eigenvalue weighted by Gasteiger charge is -2.13. The van der Waals surface area contributed by atoms with E-state index in [-0.39, 0.29) is 23.2 Å². The molecular weight excluding hydrogens is 571 g/mol. The van der Waals surface area contributed by atoms with E-state index in [1.54, 1.807) is 71.4 Å². The summed E-state index contributed by atoms with van der Waals surface area (Å²) in [4.78, 5) is 40.8. The van der Waals surface area contributed by atoms with Gasteiger partial charge in [0.05, 0.1) is 22.5 Å². The number of benzene rings is 4. The Kier molecular flexibility index (Phi) is 7.21. The number of carbonyl (C=O) groups excluding carboxylic acids is 3. The zero-order chi connectivity index (χ0) is 31.1. The van der Waals surface area contributed by atoms with Crippen molar-refractivity contribution in [3.63, 3.8) is 0 Å². The molecule has 1 N–H and O–H groups in total. The summed E-state index contributed by atoms with van der Waals surface area (Å²) < 4.78 is 21.3. The molecule has 1 aromatic heterocycles. The molecule has 7 rings (SSSR count). The highest BCUT2D eigenvalue weighted by Crippen LogP contribution is 2.33. The van der Waals surface area contributed by atoms with Gasteiger partial charge in [0.2, 0.25) is 0 Å². The van der Waals surface area contributed by atoms with E-state index in [0.29, 0.717) is 34.1 Å². The van der Waals surface area contributed by atoms with Crippen LogP contribution in [-0.4, -0.2) is 27.5 Å². The quantitative estimate of drug-likeness (QED) is 0.162. The van der Waals surface area contributed by atoms with Gasteiger partial charge >= 0.3 is 0 Å². The maximum Gasteiger partial charge on any atom is 0.276 e. The molecule has 0 fully saturated rings. The molecule has 0 saturated heterocycles. The first-order valence-electron chi connectivity index (χ1n) is 14.9. The molecule has 0 bridgehead atoms. The second kappa shape index (κ2) is 11.5. The summed E-state index contributed by atoms with van der Waals surface area (Å²) in [6, 6.07) is 25.0. The lowest BCUT2D eigenvalue weighted by Crippen LogP contribution is -2.29. The number of nitrogens with zero attached hydrogens (tertiary/aromatic N) is 3. The van der Waals surface area contributed by atoms with Crippen molar-refractivity contribution in [1.29, 1.82) is 0 Å². The number of aromatic nitrogens is 2. The number of nitrogens with one attached hydrogen (secondary N) is 1. The molecule has 0 saturated carbocycles. The van der Waals surface area contributed by atoms with Crippen molar-refractivity contribution in [1.82, 2.24) is 9.78 Å². The van der Waals surface area contributed by atoms with Crippen LogP contribution in [0.2, 0.25) is 0 Å². The van der Waals surface area contributed by atoms with E-state index in [0.717, 1.165) is 54.6 Å². The molecule has 0 atom stereocenters. The molecule has 45 heavy (non-hydrogen) atoms. The average molecular weight is 601 g/mol. The number of aryl methyl sites for hydroxylation is 1. The summed E-state index contributed by atoms with van der Waals surface area (Å²) in [6.45, 7) is 1.94. The fraction of sp³-hybridized carbons (Fsp3) is 0.167. The number of hydrogen-bond donors (Lipinski definition) is 1. The van der Waals surface area contributed by atoms with Gasteiger partial charge in [0.1, 0.15) is 17.3 Å². The maximum atomic E-state index is 13.6. The molecule has 2 aliphatic rings. The molecule has 0 unspecified atom stereocenters. The first-order valence-corrected chi connectivity index (χ1v) is 14.9. The van der Waals surface area contributed by atoms with Gasteiger partial charge in [-0.25, -0.2) is 14.0 Å². The Hall–Kier alpha value is -5.57. The molecule has 5 aromatic rings. The first-order chi connectivity index (χ1) is 21.9. The van der Waals surface area contributed by atoms with E-state index in [2.05, 4.69) is 10.4 Å². The molecule has 0 radical (unpaired) electrons. The largest absolute Gasteiger partial charge is 0.457 e. The Labute approximate surface area is 259 Å². The van der Waals surface area contributed by atoms with E-state index in [1.807, 2.05) is 19.1 Å². The van der Waals surface area contributed by atoms with Crippen LogP contribution in [-0.2, 0) is 12.8 Å². The molecule has 4 aromatic carbocycles. The van der Waals surface area contributed by atoms with Crippen molar-refractivity contribution in [2.45, 2.75) is 39.0 Å². The second-order valence-corrected chi connectivity index (χ2v) is 11.3. The van der Waals surface area contributed by atoms with Gasteiger partial charge < -0.3 is 10.1 Å². The summed E-state index contributed by atoms with van der Waals surface area (Å²) >= 11 is 0. The van der Waals surface area contributed by atoms with Gasteiger partial charge in [-0.2, -0.15) is 5.10 Å². The standard InChI is InChI=1S/C36H29FN4O4/c1-22-7-13-25(14-8-22)40-35(43)29-20-19-28(21-31(29)36(40)44)45-27-17-11-24(12-18-27)38-34(42)33-30-5-3-2-4-6-32(30)41(39-33)26-15-9-23(37)10-16-26/h7-21H,2-6H2,1H3,(H,38,42). The van der Waals surface area contributed by atoms with Crippen LogP contribution < -0.4 is 15.0 Å². The van der Waals surface area contributed by atoms with E-state index < -0.39 is 5.91 Å². The van der Waals surface area contributed by atoms with Gasteiger partial charge in [0, 0.05) is 16.9 Å². The summed E-state index contributed by atoms with van der Waals surface area (Å²) in [6.07, 6.45) is 4.60. The number of imide groups is 1. The topological polar surface area (TPSA) is 93.5 Å². The zero-order valence-corrected chi connectivity index (χ0v) is 24.5. The minimum Gasteiger partial charge on any atom is -0.457 e. The van der Waals surface area contributed by atoms with Gasteiger partial charge in [-0.1, -0.05) is 24.1 Å². The smallest absolute Gasteiger partial charge is 0.276 e. The van der Waals surface area contributed by atoms with Crippen molar-refractivity contribution < 1.29 is 23.5 Å². The minimum atomic E-state index is -0.401. The van der Waals surface area contributed by atoms with Crippen LogP contribution in [0.15, 0.2) is 91.0 Å². The molecule has 1 aliphatic carbocycles. The van der Waals surface area contributed by atoms with E-state index in [1.165, 1.54) is 17.0 Å². The molecule has 0 spiro atoms. The van der Waals surface area contributed by atoms with Crippen molar-refractivity contribution in [3.05, 3.63) is 130 Å². The van der Waals surface area contributed by atoms with Gasteiger partial charge in [-0.15, -0.1) is 0 Å². The Morgan fingerprint density at radius 3 is 2.20 bits per heavy atom. The van der Waals surface area contributed by atoms with Crippen LogP contribution in [0.1, 0.15) is 67.3 Å². The lowest BCUT2D eigenvalue weighted by molar-refractivity contribution is 0.0924. The fourth-order valence-corrected chi connectivity index (χ4v) is 5.90. The fourth-order valence-electron chi connectivity index (χ4n) is 5.90. The highest BCUT2D eigenvalue weighted by atomic mass is 19.1. The van der Waals surface area contributed by atoms with Crippen LogP contribution in [0.25, 0.3) is 5.69 Å². The van der Waals surface area contributed by atoms with Crippen molar-refractivity contribution in [2.24, 2.45) is 0 Å². The Bertz CT molecular complexity index is 1950. The van der Waals surface area contributed by atoms with Gasteiger partial charge in [0.25, 0.3) is 17.7 Å². The Morgan fingerprint density at radius 1 is 0.778 bits per heavy atom. The monoisotopic (exact) mass is 600 g/mol. The third-order valence-electron chi connectivity index (χ3n) is 8.21. The molecule has 2 heterocycles. The number of fused-ring (bicyclic) bond motifs is 2. The third kappa shape index (κ3) is 5.37. The number of ether oxygens (including phenoxy) is 1. The summed E-state index contributed by atoms with van der Waals surface area (Å²) in [5.74, 6) is -0.512. The van der Waals surface area contributed by atoms with Gasteiger partial charge in [-0.05, 0) is 111 Å². The number of rotatable bonds is 6. The normalized spacial score (nSPS) is 14.1. The molecule has 1 aliphatic heterocycles. The van der Waals surface area contributed by atoms with E-state index in [9.17, 15) is 18.8 Å². The summed E-state index contributed by atoms with van der Waals surface area (Å²) in [5.41, 5.74) is 5.73. The van der Waals surface area contributed by atoms with Crippen LogP contribution in [0.5, 0.6) is 11.5 Å². The van der Waals surface area contributed by atoms with Crippen molar-refractivity contribution in [2.75, 3.05) is 10.2 Å². The van der Waals surface area contributed by atoms with Crippen LogP contribution >= 0.6 is 0 Å². The first kappa shape index (κ1) is 28.2. The number of halogens is 1. The zero-order valence-electron chi connectivity index (χ0n) is 24.5. The van der Waals surface area contributed by atoms with Crippen molar-refractivity contribution >= 4 is 29.1 Å². The number of carbonyl (C=O) groups is 3. The van der Waals surface area contributed by atoms with Crippen LogP contribution in [0.3, 0.4) is 0 Å². The lowest BCUT2D eigenvalue weighted by atomic mass is 10.1. The van der Waals surface area contributed by atoms with Crippen LogP contribution in [0.4, 0.5) is 15.8 Å². The van der Waals surface area contributed by atoms with E-state index >= 15 is 0 Å². The molecule has 8 nitrogen and oxygen atoms in total. The average Bonchev–Trinajstić information content (AvgIpc) is 3.40. The predicted octanol–water partition coefficient (Wildman–Crippen LogP) is 7.43. The molecule has 224 valence electrons. The number of hydrogen-bond acceptors (Lipinski definition) is 5. The highest BCUT2D eigenvalue weighted by Gasteiger charge is 2.37. The van der Waals surface area contributed by atoms with Gasteiger partial charge in [-0.3, -0.25) is 14.4 Å². The molecular formula is C36H29FN4O4. The Morgan fingerprint density at radius 2 is 1.44 bits per heavy atom. The van der Waals surface area contributed by atoms with Crippen molar-refractivity contribution in [3.8, 4) is 17.2 Å². The summed E-state index contributed by atoms with van der Waals surface area (Å²) in [5, 5.41) is 7.62.